The number of thioether (sulfide) groups is 1. The van der Waals surface area contributed by atoms with Crippen LogP contribution in [0.1, 0.15) is 51.4 Å². The SMILES string of the molecule is O=C1CSC(=O)N1C1CCN(C(=O)C23CC4CC(CC(C4)C2)C3)CC1. The van der Waals surface area contributed by atoms with Crippen LogP contribution >= 0.6 is 11.8 Å². The first-order valence-corrected chi connectivity index (χ1v) is 10.8. The highest BCUT2D eigenvalue weighted by atomic mass is 32.2. The lowest BCUT2D eigenvalue weighted by molar-refractivity contribution is -0.159. The standard InChI is InChI=1S/C19H26N2O3S/c22-16-11-25-18(24)21(16)15-1-3-20(4-2-15)17(23)19-8-12-5-13(9-19)7-14(6-12)10-19/h12-15H,1-11H2. The number of likely N-dealkylation sites (tertiary alicyclic amines) is 1. The summed E-state index contributed by atoms with van der Waals surface area (Å²) in [4.78, 5) is 40.7. The van der Waals surface area contributed by atoms with Gasteiger partial charge in [-0.2, -0.15) is 0 Å². The van der Waals surface area contributed by atoms with Gasteiger partial charge in [-0.05, 0) is 69.1 Å². The summed E-state index contributed by atoms with van der Waals surface area (Å²) in [5.74, 6) is 2.96. The van der Waals surface area contributed by atoms with E-state index in [2.05, 4.69) is 4.90 Å². The summed E-state index contributed by atoms with van der Waals surface area (Å²) in [6, 6.07) is -0.00425. The smallest absolute Gasteiger partial charge is 0.289 e. The van der Waals surface area contributed by atoms with Crippen LogP contribution in [0.3, 0.4) is 0 Å². The first-order valence-electron chi connectivity index (χ1n) is 9.82. The van der Waals surface area contributed by atoms with Gasteiger partial charge in [0.15, 0.2) is 0 Å². The molecule has 136 valence electrons. The van der Waals surface area contributed by atoms with Gasteiger partial charge < -0.3 is 4.90 Å². The van der Waals surface area contributed by atoms with E-state index in [1.54, 1.807) is 0 Å². The molecule has 25 heavy (non-hydrogen) atoms. The molecule has 0 atom stereocenters. The number of piperidine rings is 1. The molecule has 0 aromatic carbocycles. The maximum absolute atomic E-state index is 13.4. The molecular formula is C19H26N2O3S. The van der Waals surface area contributed by atoms with Crippen molar-refractivity contribution in [2.45, 2.75) is 57.4 Å². The van der Waals surface area contributed by atoms with E-state index in [9.17, 15) is 14.4 Å². The number of amides is 3. The molecule has 0 radical (unpaired) electrons. The van der Waals surface area contributed by atoms with Gasteiger partial charge in [0.1, 0.15) is 0 Å². The molecule has 0 spiro atoms. The molecule has 6 rings (SSSR count). The van der Waals surface area contributed by atoms with Crippen LogP contribution in [-0.4, -0.2) is 51.7 Å². The number of nitrogens with zero attached hydrogens (tertiary/aromatic N) is 2. The van der Waals surface area contributed by atoms with Crippen LogP contribution in [-0.2, 0) is 9.59 Å². The van der Waals surface area contributed by atoms with Crippen molar-refractivity contribution in [1.29, 1.82) is 0 Å². The molecule has 3 amide bonds. The zero-order valence-electron chi connectivity index (χ0n) is 14.6. The third kappa shape index (κ3) is 2.54. The quantitative estimate of drug-likeness (QED) is 0.758. The zero-order valence-corrected chi connectivity index (χ0v) is 15.4. The molecule has 4 aliphatic carbocycles. The third-order valence-corrected chi connectivity index (χ3v) is 8.23. The monoisotopic (exact) mass is 362 g/mol. The number of carbonyl (C=O) groups is 3. The highest BCUT2D eigenvalue weighted by Crippen LogP contribution is 2.60. The van der Waals surface area contributed by atoms with Crippen molar-refractivity contribution in [3.63, 3.8) is 0 Å². The van der Waals surface area contributed by atoms with Crippen LogP contribution in [0.5, 0.6) is 0 Å². The largest absolute Gasteiger partial charge is 0.342 e. The Kier molecular flexibility index (Phi) is 3.70. The summed E-state index contributed by atoms with van der Waals surface area (Å²) in [6.45, 7) is 1.40. The Balaban J connectivity index is 1.26. The topological polar surface area (TPSA) is 57.7 Å². The van der Waals surface area contributed by atoms with Gasteiger partial charge in [0.25, 0.3) is 5.24 Å². The van der Waals surface area contributed by atoms with Crippen LogP contribution in [0, 0.1) is 23.2 Å². The maximum atomic E-state index is 13.4. The van der Waals surface area contributed by atoms with E-state index in [0.29, 0.717) is 19.0 Å². The summed E-state index contributed by atoms with van der Waals surface area (Å²) in [5.41, 5.74) is -0.0727. The predicted molar refractivity (Wildman–Crippen MR) is 94.9 cm³/mol. The molecule has 4 bridgehead atoms. The van der Waals surface area contributed by atoms with Crippen molar-refractivity contribution in [3.05, 3.63) is 0 Å². The lowest BCUT2D eigenvalue weighted by atomic mass is 9.49. The second-order valence-corrected chi connectivity index (χ2v) is 9.97. The van der Waals surface area contributed by atoms with Crippen LogP contribution in [0.2, 0.25) is 0 Å². The highest BCUT2D eigenvalue weighted by Gasteiger charge is 2.55. The highest BCUT2D eigenvalue weighted by molar-refractivity contribution is 8.14. The van der Waals surface area contributed by atoms with Gasteiger partial charge >= 0.3 is 0 Å². The first-order chi connectivity index (χ1) is 12.0. The molecule has 2 aliphatic heterocycles. The lowest BCUT2D eigenvalue weighted by Gasteiger charge is -2.57. The molecule has 2 heterocycles. The molecule has 4 saturated carbocycles. The van der Waals surface area contributed by atoms with Gasteiger partial charge in [0.05, 0.1) is 11.2 Å². The summed E-state index contributed by atoms with van der Waals surface area (Å²) >= 11 is 1.11. The number of hydrogen-bond donors (Lipinski definition) is 0. The second-order valence-electron chi connectivity index (χ2n) is 9.04. The molecule has 6 aliphatic rings. The van der Waals surface area contributed by atoms with Crippen molar-refractivity contribution in [1.82, 2.24) is 9.80 Å². The molecule has 6 fully saturated rings. The van der Waals surface area contributed by atoms with Crippen molar-refractivity contribution in [2.24, 2.45) is 23.2 Å². The van der Waals surface area contributed by atoms with E-state index < -0.39 is 0 Å². The van der Waals surface area contributed by atoms with Gasteiger partial charge in [-0.15, -0.1) is 0 Å². The van der Waals surface area contributed by atoms with Crippen LogP contribution in [0.25, 0.3) is 0 Å². The first kappa shape index (κ1) is 16.2. The molecule has 0 unspecified atom stereocenters. The van der Waals surface area contributed by atoms with Gasteiger partial charge in [-0.1, -0.05) is 11.8 Å². The summed E-state index contributed by atoms with van der Waals surface area (Å²) in [5, 5.41) is -0.101. The minimum absolute atomic E-state index is 0.00425. The van der Waals surface area contributed by atoms with E-state index in [4.69, 9.17) is 0 Å². The Hall–Kier alpha value is -1.04. The second kappa shape index (κ2) is 5.73. The molecule has 6 heteroatoms. The van der Waals surface area contributed by atoms with Crippen molar-refractivity contribution in [2.75, 3.05) is 18.8 Å². The molecule has 2 saturated heterocycles. The fourth-order valence-electron chi connectivity index (χ4n) is 6.75. The summed E-state index contributed by atoms with van der Waals surface area (Å²) in [6.07, 6.45) is 8.88. The van der Waals surface area contributed by atoms with Gasteiger partial charge in [0.2, 0.25) is 11.8 Å². The zero-order chi connectivity index (χ0) is 17.2. The predicted octanol–water partition coefficient (Wildman–Crippen LogP) is 2.89. The Bertz CT molecular complexity index is 575. The lowest BCUT2D eigenvalue weighted by Crippen LogP contribution is -2.57. The van der Waals surface area contributed by atoms with Crippen LogP contribution < -0.4 is 0 Å². The number of rotatable bonds is 2. The normalized spacial score (nSPS) is 41.0. The van der Waals surface area contributed by atoms with E-state index >= 15 is 0 Å². The maximum Gasteiger partial charge on any atom is 0.289 e. The van der Waals surface area contributed by atoms with E-state index in [0.717, 1.165) is 61.6 Å². The summed E-state index contributed by atoms with van der Waals surface area (Å²) < 4.78 is 0. The molecule has 5 nitrogen and oxygen atoms in total. The van der Waals surface area contributed by atoms with Gasteiger partial charge in [0, 0.05) is 19.1 Å². The average molecular weight is 362 g/mol. The Morgan fingerprint density at radius 1 is 0.960 bits per heavy atom. The minimum atomic E-state index is -0.101. The van der Waals surface area contributed by atoms with E-state index in [-0.39, 0.29) is 28.4 Å². The van der Waals surface area contributed by atoms with Crippen LogP contribution in [0.15, 0.2) is 0 Å². The third-order valence-electron chi connectivity index (χ3n) is 7.39. The Morgan fingerprint density at radius 2 is 1.52 bits per heavy atom. The fraction of sp³-hybridized carbons (Fsp3) is 0.842. The molecule has 0 N–H and O–H groups in total. The number of hydrogen-bond acceptors (Lipinski definition) is 4. The molecule has 0 aromatic rings. The van der Waals surface area contributed by atoms with E-state index in [1.165, 1.54) is 24.2 Å². The number of carbonyl (C=O) groups excluding carboxylic acids is 3. The van der Waals surface area contributed by atoms with Gasteiger partial charge in [-0.25, -0.2) is 0 Å². The van der Waals surface area contributed by atoms with Crippen molar-refractivity contribution >= 4 is 28.8 Å². The van der Waals surface area contributed by atoms with Gasteiger partial charge in [-0.3, -0.25) is 19.3 Å². The minimum Gasteiger partial charge on any atom is -0.342 e. The molecular weight excluding hydrogens is 336 g/mol. The van der Waals surface area contributed by atoms with Crippen LogP contribution in [0.4, 0.5) is 4.79 Å². The Labute approximate surface area is 152 Å². The van der Waals surface area contributed by atoms with Crippen molar-refractivity contribution in [3.8, 4) is 0 Å². The fourth-order valence-corrected chi connectivity index (χ4v) is 7.53. The Morgan fingerprint density at radius 3 is 2.00 bits per heavy atom. The molecule has 0 aromatic heterocycles. The number of imide groups is 1. The van der Waals surface area contributed by atoms with Crippen molar-refractivity contribution < 1.29 is 14.4 Å². The summed E-state index contributed by atoms with van der Waals surface area (Å²) in [7, 11) is 0. The average Bonchev–Trinajstić information content (AvgIpc) is 2.92. The van der Waals surface area contributed by atoms with E-state index in [1.807, 2.05) is 0 Å².